The third-order valence-electron chi connectivity index (χ3n) is 2.85. The van der Waals surface area contributed by atoms with Crippen molar-refractivity contribution in [3.8, 4) is 0 Å². The number of amides is 1. The summed E-state index contributed by atoms with van der Waals surface area (Å²) in [5.41, 5.74) is 1.44. The summed E-state index contributed by atoms with van der Waals surface area (Å²) in [7, 11) is 0. The van der Waals surface area contributed by atoms with Crippen molar-refractivity contribution in [1.82, 2.24) is 0 Å². The normalized spacial score (nSPS) is 10.5. The summed E-state index contributed by atoms with van der Waals surface area (Å²) in [5.74, 6) is -1.42. The average Bonchev–Trinajstić information content (AvgIpc) is 2.52. The molecule has 0 radical (unpaired) electrons. The minimum absolute atomic E-state index is 0.368. The zero-order valence-electron chi connectivity index (χ0n) is 11.3. The largest absolute Gasteiger partial charge is 0.480 e. The van der Waals surface area contributed by atoms with Crippen LogP contribution in [0.25, 0.3) is 6.08 Å². The lowest BCUT2D eigenvalue weighted by molar-refractivity contribution is -0.136. The molecule has 0 atom stereocenters. The second-order valence-corrected chi connectivity index (χ2v) is 4.40. The number of hydrogen-bond donors (Lipinski definition) is 1. The Kier molecular flexibility index (Phi) is 4.88. The van der Waals surface area contributed by atoms with Gasteiger partial charge in [0.2, 0.25) is 0 Å². The van der Waals surface area contributed by atoms with E-state index in [1.165, 1.54) is 11.0 Å². The molecule has 0 spiro atoms. The Bertz CT molecular complexity index is 636. The molecule has 1 N–H and O–H groups in total. The summed E-state index contributed by atoms with van der Waals surface area (Å²) >= 11 is 0. The predicted molar refractivity (Wildman–Crippen MR) is 81.9 cm³/mol. The highest BCUT2D eigenvalue weighted by Gasteiger charge is 2.16. The van der Waals surface area contributed by atoms with Gasteiger partial charge in [0, 0.05) is 11.8 Å². The average molecular weight is 281 g/mol. The van der Waals surface area contributed by atoms with E-state index in [-0.39, 0.29) is 12.5 Å². The third-order valence-corrected chi connectivity index (χ3v) is 2.85. The Morgan fingerprint density at radius 3 is 2.10 bits per heavy atom. The van der Waals surface area contributed by atoms with Crippen LogP contribution in [0.5, 0.6) is 0 Å². The Morgan fingerprint density at radius 1 is 0.952 bits per heavy atom. The highest BCUT2D eigenvalue weighted by atomic mass is 16.4. The second-order valence-electron chi connectivity index (χ2n) is 4.40. The van der Waals surface area contributed by atoms with Crippen LogP contribution < -0.4 is 4.90 Å². The summed E-state index contributed by atoms with van der Waals surface area (Å²) < 4.78 is 0. The molecule has 4 heteroatoms. The lowest BCUT2D eigenvalue weighted by Crippen LogP contribution is -2.34. The van der Waals surface area contributed by atoms with E-state index in [1.807, 2.05) is 36.4 Å². The third kappa shape index (κ3) is 4.31. The summed E-state index contributed by atoms with van der Waals surface area (Å²) in [6, 6.07) is 18.1. The molecule has 0 saturated carbocycles. The van der Waals surface area contributed by atoms with Crippen molar-refractivity contribution in [3.63, 3.8) is 0 Å². The van der Waals surface area contributed by atoms with Gasteiger partial charge in [0.1, 0.15) is 6.54 Å². The Balaban J connectivity index is 2.19. The van der Waals surface area contributed by atoms with Crippen molar-refractivity contribution in [2.45, 2.75) is 0 Å². The van der Waals surface area contributed by atoms with E-state index in [1.54, 1.807) is 30.3 Å². The highest BCUT2D eigenvalue weighted by molar-refractivity contribution is 6.06. The van der Waals surface area contributed by atoms with E-state index >= 15 is 0 Å². The van der Waals surface area contributed by atoms with Crippen LogP contribution in [-0.2, 0) is 9.59 Å². The maximum atomic E-state index is 12.2. The molecular formula is C17H15NO3. The number of rotatable bonds is 5. The van der Waals surface area contributed by atoms with Gasteiger partial charge >= 0.3 is 5.97 Å². The maximum absolute atomic E-state index is 12.2. The summed E-state index contributed by atoms with van der Waals surface area (Å²) in [5, 5.41) is 8.96. The van der Waals surface area contributed by atoms with Gasteiger partial charge in [-0.2, -0.15) is 0 Å². The van der Waals surface area contributed by atoms with Crippen LogP contribution in [0.2, 0.25) is 0 Å². The molecule has 0 saturated heterocycles. The maximum Gasteiger partial charge on any atom is 0.323 e. The number of para-hydroxylation sites is 1. The number of carboxylic acids is 1. The molecule has 0 heterocycles. The van der Waals surface area contributed by atoms with E-state index in [9.17, 15) is 9.59 Å². The number of carbonyl (C=O) groups is 2. The molecule has 0 aliphatic heterocycles. The van der Waals surface area contributed by atoms with Crippen LogP contribution in [0, 0.1) is 0 Å². The van der Waals surface area contributed by atoms with Gasteiger partial charge in [0.15, 0.2) is 0 Å². The highest BCUT2D eigenvalue weighted by Crippen LogP contribution is 2.14. The van der Waals surface area contributed by atoms with E-state index in [4.69, 9.17) is 5.11 Å². The first-order chi connectivity index (χ1) is 10.2. The zero-order chi connectivity index (χ0) is 15.1. The van der Waals surface area contributed by atoms with Crippen molar-refractivity contribution in [1.29, 1.82) is 0 Å². The first-order valence-corrected chi connectivity index (χ1v) is 6.48. The number of benzene rings is 2. The molecule has 0 aromatic heterocycles. The van der Waals surface area contributed by atoms with Gasteiger partial charge < -0.3 is 5.11 Å². The molecule has 2 aromatic carbocycles. The Labute approximate surface area is 123 Å². The molecular weight excluding hydrogens is 266 g/mol. The zero-order valence-corrected chi connectivity index (χ0v) is 11.3. The first-order valence-electron chi connectivity index (χ1n) is 6.48. The van der Waals surface area contributed by atoms with Crippen LogP contribution >= 0.6 is 0 Å². The molecule has 1 amide bonds. The van der Waals surface area contributed by atoms with Crippen molar-refractivity contribution >= 4 is 23.6 Å². The van der Waals surface area contributed by atoms with Crippen LogP contribution in [0.15, 0.2) is 66.7 Å². The van der Waals surface area contributed by atoms with Gasteiger partial charge in [0.25, 0.3) is 5.91 Å². The van der Waals surface area contributed by atoms with Gasteiger partial charge in [-0.05, 0) is 23.8 Å². The van der Waals surface area contributed by atoms with Gasteiger partial charge in [-0.15, -0.1) is 0 Å². The van der Waals surface area contributed by atoms with E-state index in [2.05, 4.69) is 0 Å². The first kappa shape index (κ1) is 14.5. The monoisotopic (exact) mass is 281 g/mol. The molecule has 0 unspecified atom stereocenters. The summed E-state index contributed by atoms with van der Waals surface area (Å²) in [6.07, 6.45) is 3.05. The summed E-state index contributed by atoms with van der Waals surface area (Å²) in [4.78, 5) is 24.4. The summed E-state index contributed by atoms with van der Waals surface area (Å²) in [6.45, 7) is -0.373. The van der Waals surface area contributed by atoms with Gasteiger partial charge in [0.05, 0.1) is 0 Å². The van der Waals surface area contributed by atoms with E-state index in [0.29, 0.717) is 5.69 Å². The van der Waals surface area contributed by atoms with Crippen LogP contribution in [0.1, 0.15) is 5.56 Å². The second kappa shape index (κ2) is 7.05. The fourth-order valence-electron chi connectivity index (χ4n) is 1.86. The van der Waals surface area contributed by atoms with Crippen molar-refractivity contribution in [3.05, 3.63) is 72.3 Å². The molecule has 0 aliphatic rings. The lowest BCUT2D eigenvalue weighted by atomic mass is 10.2. The molecule has 21 heavy (non-hydrogen) atoms. The smallest absolute Gasteiger partial charge is 0.323 e. The molecule has 0 aliphatic carbocycles. The quantitative estimate of drug-likeness (QED) is 0.857. The van der Waals surface area contributed by atoms with E-state index in [0.717, 1.165) is 5.56 Å². The van der Waals surface area contributed by atoms with Gasteiger partial charge in [-0.25, -0.2) is 0 Å². The number of aliphatic carboxylic acids is 1. The topological polar surface area (TPSA) is 57.6 Å². The standard InChI is InChI=1S/C17H15NO3/c19-16(12-11-14-7-3-1-4-8-14)18(13-17(20)21)15-9-5-2-6-10-15/h1-12H,13H2,(H,20,21)/b12-11+. The number of carboxylic acid groups (broad SMARTS) is 1. The van der Waals surface area contributed by atoms with Gasteiger partial charge in [-0.3, -0.25) is 14.5 Å². The lowest BCUT2D eigenvalue weighted by Gasteiger charge is -2.18. The van der Waals surface area contributed by atoms with Crippen LogP contribution in [-0.4, -0.2) is 23.5 Å². The van der Waals surface area contributed by atoms with Crippen molar-refractivity contribution in [2.75, 3.05) is 11.4 Å². The number of anilines is 1. The number of nitrogens with zero attached hydrogens (tertiary/aromatic N) is 1. The Hall–Kier alpha value is -2.88. The molecule has 4 nitrogen and oxygen atoms in total. The molecule has 2 aromatic rings. The molecule has 0 bridgehead atoms. The van der Waals surface area contributed by atoms with Crippen LogP contribution in [0.3, 0.4) is 0 Å². The minimum Gasteiger partial charge on any atom is -0.480 e. The van der Waals surface area contributed by atoms with Gasteiger partial charge in [-0.1, -0.05) is 48.5 Å². The number of hydrogen-bond acceptors (Lipinski definition) is 2. The van der Waals surface area contributed by atoms with Crippen LogP contribution in [0.4, 0.5) is 5.69 Å². The number of carbonyl (C=O) groups excluding carboxylic acids is 1. The van der Waals surface area contributed by atoms with E-state index < -0.39 is 5.97 Å². The fraction of sp³-hybridized carbons (Fsp3) is 0.0588. The van der Waals surface area contributed by atoms with Crippen molar-refractivity contribution in [2.24, 2.45) is 0 Å². The molecule has 2 rings (SSSR count). The Morgan fingerprint density at radius 2 is 1.52 bits per heavy atom. The molecule has 0 fully saturated rings. The predicted octanol–water partition coefficient (Wildman–Crippen LogP) is 2.82. The van der Waals surface area contributed by atoms with Crippen molar-refractivity contribution < 1.29 is 14.7 Å². The fourth-order valence-corrected chi connectivity index (χ4v) is 1.86. The SMILES string of the molecule is O=C(O)CN(C(=O)/C=C/c1ccccc1)c1ccccc1. The molecule has 106 valence electrons. The minimum atomic E-state index is -1.06.